The summed E-state index contributed by atoms with van der Waals surface area (Å²) in [5.41, 5.74) is 8.27. The first-order chi connectivity index (χ1) is 15.0. The Kier molecular flexibility index (Phi) is 6.04. The van der Waals surface area contributed by atoms with Gasteiger partial charge in [-0.15, -0.1) is 11.3 Å². The van der Waals surface area contributed by atoms with Gasteiger partial charge in [-0.1, -0.05) is 30.3 Å². The van der Waals surface area contributed by atoms with Gasteiger partial charge in [-0.25, -0.2) is 0 Å². The average molecular weight is 435 g/mol. The van der Waals surface area contributed by atoms with Crippen molar-refractivity contribution in [2.75, 3.05) is 25.9 Å². The molecule has 1 saturated heterocycles. The van der Waals surface area contributed by atoms with E-state index in [0.29, 0.717) is 30.8 Å². The Balaban J connectivity index is 1.61. The summed E-state index contributed by atoms with van der Waals surface area (Å²) in [5, 5.41) is 4.90. The molecule has 0 radical (unpaired) electrons. The molecular weight excluding hydrogens is 408 g/mol. The Morgan fingerprint density at radius 3 is 2.84 bits per heavy atom. The Bertz CT molecular complexity index is 1080. The first-order valence-electron chi connectivity index (χ1n) is 10.4. The zero-order valence-electron chi connectivity index (χ0n) is 17.5. The van der Waals surface area contributed by atoms with Gasteiger partial charge in [-0.2, -0.15) is 0 Å². The number of hydrogen-bond acceptors (Lipinski definition) is 5. The number of rotatable bonds is 5. The zero-order chi connectivity index (χ0) is 21.8. The second kappa shape index (κ2) is 8.89. The van der Waals surface area contributed by atoms with Crippen molar-refractivity contribution in [2.45, 2.75) is 19.3 Å². The van der Waals surface area contributed by atoms with Crippen LogP contribution in [0.25, 0.3) is 10.4 Å². The lowest BCUT2D eigenvalue weighted by molar-refractivity contribution is -0.133. The van der Waals surface area contributed by atoms with Crippen molar-refractivity contribution in [3.05, 3.63) is 71.4 Å². The third-order valence-corrected chi connectivity index (χ3v) is 6.77. The van der Waals surface area contributed by atoms with Crippen LogP contribution in [0.2, 0.25) is 0 Å². The van der Waals surface area contributed by atoms with Gasteiger partial charge >= 0.3 is 0 Å². The van der Waals surface area contributed by atoms with Crippen LogP contribution < -0.4 is 11.1 Å². The number of carbonyl (C=O) groups excluding carboxylic acids is 2. The number of nitrogen functional groups attached to an aromatic ring is 1. The highest BCUT2D eigenvalue weighted by Gasteiger charge is 2.43. The molecule has 0 aliphatic carbocycles. The summed E-state index contributed by atoms with van der Waals surface area (Å²) in [6.45, 7) is 0.977. The number of carbonyl (C=O) groups is 2. The number of aromatic nitrogens is 1. The molecule has 7 heteroatoms. The van der Waals surface area contributed by atoms with Crippen LogP contribution in [0, 0.1) is 5.41 Å². The number of nitrogens with two attached hydrogens (primary N) is 1. The van der Waals surface area contributed by atoms with Gasteiger partial charge in [0.25, 0.3) is 5.91 Å². The van der Waals surface area contributed by atoms with Gasteiger partial charge < -0.3 is 16.0 Å². The molecule has 2 amide bonds. The summed E-state index contributed by atoms with van der Waals surface area (Å²) >= 11 is 1.70. The molecule has 1 aliphatic heterocycles. The summed E-state index contributed by atoms with van der Waals surface area (Å²) in [4.78, 5) is 33.2. The second-order valence-corrected chi connectivity index (χ2v) is 9.00. The fourth-order valence-corrected chi connectivity index (χ4v) is 5.13. The van der Waals surface area contributed by atoms with E-state index in [4.69, 9.17) is 5.73 Å². The predicted octanol–water partition coefficient (Wildman–Crippen LogP) is 3.60. The summed E-state index contributed by atoms with van der Waals surface area (Å²) in [5.74, 6) is -0.169. The largest absolute Gasteiger partial charge is 0.397 e. The number of nitrogens with zero attached hydrogens (tertiary/aromatic N) is 2. The lowest BCUT2D eigenvalue weighted by atomic mass is 9.74. The van der Waals surface area contributed by atoms with E-state index in [2.05, 4.69) is 39.9 Å². The Morgan fingerprint density at radius 2 is 2.10 bits per heavy atom. The third kappa shape index (κ3) is 4.46. The second-order valence-electron chi connectivity index (χ2n) is 8.05. The minimum atomic E-state index is -0.676. The number of hydrogen-bond donors (Lipinski definition) is 2. The van der Waals surface area contributed by atoms with Gasteiger partial charge in [0.1, 0.15) is 0 Å². The summed E-state index contributed by atoms with van der Waals surface area (Å²) in [6.07, 6.45) is 5.11. The molecule has 3 N–H and O–H groups in total. The number of anilines is 1. The molecule has 1 aromatic carbocycles. The molecule has 1 unspecified atom stereocenters. The minimum Gasteiger partial charge on any atom is -0.397 e. The molecule has 3 aromatic rings. The number of piperidine rings is 1. The van der Waals surface area contributed by atoms with Crippen molar-refractivity contribution < 1.29 is 9.59 Å². The highest BCUT2D eigenvalue weighted by Crippen LogP contribution is 2.36. The molecule has 0 saturated carbocycles. The van der Waals surface area contributed by atoms with Gasteiger partial charge in [-0.3, -0.25) is 14.6 Å². The number of amides is 2. The Hall–Kier alpha value is -3.19. The van der Waals surface area contributed by atoms with E-state index in [0.717, 1.165) is 24.0 Å². The summed E-state index contributed by atoms with van der Waals surface area (Å²) in [7, 11) is 1.66. The van der Waals surface area contributed by atoms with Gasteiger partial charge in [0, 0.05) is 37.4 Å². The average Bonchev–Trinajstić information content (AvgIpc) is 3.33. The van der Waals surface area contributed by atoms with E-state index < -0.39 is 5.41 Å². The van der Waals surface area contributed by atoms with Crippen molar-refractivity contribution in [2.24, 2.45) is 5.41 Å². The normalized spacial score (nSPS) is 18.5. The van der Waals surface area contributed by atoms with E-state index in [-0.39, 0.29) is 11.8 Å². The Morgan fingerprint density at radius 1 is 1.23 bits per heavy atom. The molecular formula is C24H26N4O2S. The van der Waals surface area contributed by atoms with E-state index in [1.165, 1.54) is 17.3 Å². The monoisotopic (exact) mass is 434 g/mol. The van der Waals surface area contributed by atoms with Crippen LogP contribution in [0.4, 0.5) is 5.69 Å². The van der Waals surface area contributed by atoms with Gasteiger partial charge in [0.2, 0.25) is 5.91 Å². The number of nitrogens with one attached hydrogen (secondary N) is 1. The lowest BCUT2D eigenvalue weighted by Gasteiger charge is -2.41. The van der Waals surface area contributed by atoms with E-state index in [1.807, 2.05) is 12.1 Å². The van der Waals surface area contributed by atoms with Crippen molar-refractivity contribution in [3.63, 3.8) is 0 Å². The molecule has 160 valence electrons. The van der Waals surface area contributed by atoms with Crippen molar-refractivity contribution in [1.29, 1.82) is 0 Å². The van der Waals surface area contributed by atoms with Crippen LogP contribution >= 0.6 is 11.3 Å². The van der Waals surface area contributed by atoms with Crippen molar-refractivity contribution in [1.82, 2.24) is 15.2 Å². The molecule has 31 heavy (non-hydrogen) atoms. The molecule has 0 bridgehead atoms. The van der Waals surface area contributed by atoms with Gasteiger partial charge in [0.05, 0.1) is 16.7 Å². The van der Waals surface area contributed by atoms with Crippen LogP contribution in [0.15, 0.2) is 60.2 Å². The van der Waals surface area contributed by atoms with Crippen molar-refractivity contribution in [3.8, 4) is 10.4 Å². The lowest BCUT2D eigenvalue weighted by Crippen LogP contribution is -2.54. The first-order valence-corrected chi connectivity index (χ1v) is 11.2. The molecule has 2 aromatic heterocycles. The number of likely N-dealkylation sites (tertiary alicyclic amines) is 1. The highest BCUT2D eigenvalue weighted by molar-refractivity contribution is 7.13. The summed E-state index contributed by atoms with van der Waals surface area (Å²) < 4.78 is 0. The van der Waals surface area contributed by atoms with Crippen LogP contribution in [0.1, 0.15) is 28.8 Å². The molecule has 6 nitrogen and oxygen atoms in total. The fourth-order valence-electron chi connectivity index (χ4n) is 4.41. The molecule has 1 atom stereocenters. The van der Waals surface area contributed by atoms with Gasteiger partial charge in [-0.05, 0) is 47.9 Å². The summed E-state index contributed by atoms with van der Waals surface area (Å²) in [6, 6.07) is 14.1. The smallest absolute Gasteiger partial charge is 0.255 e. The predicted molar refractivity (Wildman–Crippen MR) is 124 cm³/mol. The molecule has 3 heterocycles. The maximum absolute atomic E-state index is 13.1. The van der Waals surface area contributed by atoms with Crippen LogP contribution in [-0.2, 0) is 11.2 Å². The van der Waals surface area contributed by atoms with E-state index in [1.54, 1.807) is 29.4 Å². The van der Waals surface area contributed by atoms with Crippen LogP contribution in [0.5, 0.6) is 0 Å². The first kappa shape index (κ1) is 21.1. The SMILES string of the molecule is CNC(=O)C1(Cc2cccc(-c3cccs3)c2)CCCN(C(=O)c2cncc(N)c2)C1. The highest BCUT2D eigenvalue weighted by atomic mass is 32.1. The number of thiophene rings is 1. The molecule has 1 aliphatic rings. The maximum atomic E-state index is 13.1. The third-order valence-electron chi connectivity index (χ3n) is 5.85. The molecule has 4 rings (SSSR count). The quantitative estimate of drug-likeness (QED) is 0.642. The standard InChI is InChI=1S/C24H26N4O2S/c1-26-23(30)24(13-17-5-2-6-18(11-17)21-7-3-10-31-21)8-4-9-28(16-24)22(29)19-12-20(25)15-27-14-19/h2-3,5-7,10-12,14-15H,4,8-9,13,16,25H2,1H3,(H,26,30). The van der Waals surface area contributed by atoms with Gasteiger partial charge in [0.15, 0.2) is 0 Å². The van der Waals surface area contributed by atoms with E-state index >= 15 is 0 Å². The fraction of sp³-hybridized carbons (Fsp3) is 0.292. The van der Waals surface area contributed by atoms with Crippen molar-refractivity contribution >= 4 is 28.8 Å². The maximum Gasteiger partial charge on any atom is 0.255 e. The molecule has 0 spiro atoms. The zero-order valence-corrected chi connectivity index (χ0v) is 18.3. The molecule has 1 fully saturated rings. The number of benzene rings is 1. The van der Waals surface area contributed by atoms with Crippen LogP contribution in [0.3, 0.4) is 0 Å². The number of pyridine rings is 1. The Labute approximate surface area is 186 Å². The van der Waals surface area contributed by atoms with E-state index in [9.17, 15) is 9.59 Å². The van der Waals surface area contributed by atoms with Crippen LogP contribution in [-0.4, -0.2) is 41.8 Å². The minimum absolute atomic E-state index is 0.0303. The topological polar surface area (TPSA) is 88.3 Å².